The standard InChI is InChI=1S/C35H46F3N5O7/c1-32(2,3)25(41-31(49)42-26(34(13-14-34)35(36,37)38)30(48)50-17-19-9-7-6-8-10-19)29(47)43-16-20-22(33(20,4)5)23(43)28(46)40-21(15-18-11-12-18)24(44)27(39)45/h6-10,18,20-23,25-26H,11-17H2,1-5H3,(H2,39,45)(H,40,46)(H2,41,42,49)/t20-,21?,22-,23-,25+,26+/m0/s1. The van der Waals surface area contributed by atoms with Crippen LogP contribution >= 0.6 is 0 Å². The number of hydrogen-bond donors (Lipinski definition) is 4. The van der Waals surface area contributed by atoms with Crippen LogP contribution in [0.15, 0.2) is 30.3 Å². The van der Waals surface area contributed by atoms with E-state index in [1.165, 1.54) is 4.90 Å². The maximum Gasteiger partial charge on any atom is 0.397 e. The number of hydrogen-bond acceptors (Lipinski definition) is 7. The summed E-state index contributed by atoms with van der Waals surface area (Å²) in [7, 11) is 0. The van der Waals surface area contributed by atoms with Crippen molar-refractivity contribution in [2.75, 3.05) is 6.54 Å². The van der Waals surface area contributed by atoms with Gasteiger partial charge in [0.15, 0.2) is 0 Å². The number of carbonyl (C=O) groups excluding carboxylic acids is 6. The largest absolute Gasteiger partial charge is 0.459 e. The molecule has 1 aromatic carbocycles. The minimum atomic E-state index is -4.83. The van der Waals surface area contributed by atoms with E-state index in [9.17, 15) is 41.9 Å². The number of urea groups is 1. The number of rotatable bonds is 13. The lowest BCUT2D eigenvalue weighted by Gasteiger charge is -2.38. The number of primary amides is 1. The number of carbonyl (C=O) groups is 6. The van der Waals surface area contributed by atoms with E-state index >= 15 is 0 Å². The SMILES string of the molecule is CC(C)(C)[C@H](NC(=O)N[C@H](C(=O)OCc1ccccc1)C1(C(F)(F)F)CC1)C(=O)N1C[C@H]2[C@@H]([C@H]1C(=O)NC(CC1CC1)C(=O)C(N)=O)C2(C)C. The Morgan fingerprint density at radius 3 is 2.12 bits per heavy atom. The molecule has 3 aliphatic carbocycles. The van der Waals surface area contributed by atoms with Crippen molar-refractivity contribution in [1.29, 1.82) is 0 Å². The molecule has 4 aliphatic rings. The molecule has 3 saturated carbocycles. The van der Waals surface area contributed by atoms with E-state index in [1.54, 1.807) is 51.1 Å². The number of nitrogens with zero attached hydrogens (tertiary/aromatic N) is 1. The number of Topliss-reactive ketones (excluding diaryl/α,β-unsaturated/α-hetero) is 1. The maximum absolute atomic E-state index is 14.3. The first kappa shape index (κ1) is 37.1. The third-order valence-electron chi connectivity index (χ3n) is 10.9. The first-order valence-corrected chi connectivity index (χ1v) is 17.0. The number of likely N-dealkylation sites (tertiary alicyclic amines) is 1. The molecule has 4 fully saturated rings. The fourth-order valence-electron chi connectivity index (χ4n) is 7.38. The number of esters is 1. The number of amides is 5. The summed E-state index contributed by atoms with van der Waals surface area (Å²) in [5, 5.41) is 7.34. The number of ether oxygens (including phenoxy) is 1. The van der Waals surface area contributed by atoms with Crippen molar-refractivity contribution in [3.63, 3.8) is 0 Å². The highest BCUT2D eigenvalue weighted by Gasteiger charge is 2.71. The summed E-state index contributed by atoms with van der Waals surface area (Å²) in [6.45, 7) is 8.71. The van der Waals surface area contributed by atoms with Gasteiger partial charge in [-0.1, -0.05) is 77.8 Å². The fraction of sp³-hybridized carbons (Fsp3) is 0.657. The third-order valence-corrected chi connectivity index (χ3v) is 10.9. The van der Waals surface area contributed by atoms with Crippen molar-refractivity contribution in [2.45, 2.75) is 104 Å². The number of halogens is 3. The summed E-state index contributed by atoms with van der Waals surface area (Å²) in [6.07, 6.45) is -3.68. The predicted molar refractivity (Wildman–Crippen MR) is 172 cm³/mol. The molecule has 274 valence electrons. The normalized spacial score (nSPS) is 24.9. The van der Waals surface area contributed by atoms with Crippen LogP contribution in [0.2, 0.25) is 0 Å². The van der Waals surface area contributed by atoms with Crippen LogP contribution in [0.5, 0.6) is 0 Å². The summed E-state index contributed by atoms with van der Waals surface area (Å²) in [6, 6.07) is 1.58. The quantitative estimate of drug-likeness (QED) is 0.180. The highest BCUT2D eigenvalue weighted by atomic mass is 19.4. The van der Waals surface area contributed by atoms with Gasteiger partial charge in [0.05, 0.1) is 11.5 Å². The minimum absolute atomic E-state index is 0.0735. The van der Waals surface area contributed by atoms with Crippen molar-refractivity contribution in [2.24, 2.45) is 39.7 Å². The fourth-order valence-corrected chi connectivity index (χ4v) is 7.38. The van der Waals surface area contributed by atoms with Crippen molar-refractivity contribution >= 4 is 35.5 Å². The van der Waals surface area contributed by atoms with Gasteiger partial charge in [-0.15, -0.1) is 0 Å². The molecule has 5 amide bonds. The van der Waals surface area contributed by atoms with Gasteiger partial charge >= 0.3 is 18.2 Å². The zero-order valence-electron chi connectivity index (χ0n) is 28.9. The maximum atomic E-state index is 14.3. The zero-order chi connectivity index (χ0) is 37.0. The Labute approximate surface area is 288 Å². The molecule has 12 nitrogen and oxygen atoms in total. The first-order valence-electron chi connectivity index (χ1n) is 17.0. The van der Waals surface area contributed by atoms with Gasteiger partial charge in [-0.3, -0.25) is 19.2 Å². The Kier molecular flexibility index (Phi) is 9.78. The van der Waals surface area contributed by atoms with E-state index in [2.05, 4.69) is 16.0 Å². The van der Waals surface area contributed by atoms with E-state index < -0.39 is 89.5 Å². The van der Waals surface area contributed by atoms with Crippen LogP contribution in [0.1, 0.15) is 72.3 Å². The molecular formula is C35H46F3N5O7. The molecule has 1 aromatic rings. The molecule has 0 spiro atoms. The van der Waals surface area contributed by atoms with Gasteiger partial charge in [0.2, 0.25) is 17.6 Å². The molecule has 6 atom stereocenters. The summed E-state index contributed by atoms with van der Waals surface area (Å²) < 4.78 is 48.0. The summed E-state index contributed by atoms with van der Waals surface area (Å²) in [5.74, 6) is -4.85. The number of nitrogens with one attached hydrogen (secondary N) is 3. The molecule has 0 bridgehead atoms. The molecule has 1 unspecified atom stereocenters. The molecular weight excluding hydrogens is 659 g/mol. The number of fused-ring (bicyclic) bond motifs is 1. The number of ketones is 1. The zero-order valence-corrected chi connectivity index (χ0v) is 28.9. The van der Waals surface area contributed by atoms with E-state index in [0.717, 1.165) is 12.8 Å². The van der Waals surface area contributed by atoms with Crippen LogP contribution in [-0.4, -0.2) is 77.3 Å². The smallest absolute Gasteiger partial charge is 0.397 e. The van der Waals surface area contributed by atoms with E-state index in [-0.39, 0.29) is 42.7 Å². The number of piperidine rings is 1. The Balaban J connectivity index is 1.34. The second-order valence-corrected chi connectivity index (χ2v) is 16.0. The third kappa shape index (κ3) is 7.46. The van der Waals surface area contributed by atoms with Crippen LogP contribution in [-0.2, 0) is 35.3 Å². The van der Waals surface area contributed by atoms with Gasteiger partial charge in [-0.2, -0.15) is 13.2 Å². The molecule has 5 N–H and O–H groups in total. The summed E-state index contributed by atoms with van der Waals surface area (Å²) in [4.78, 5) is 80.4. The monoisotopic (exact) mass is 705 g/mol. The van der Waals surface area contributed by atoms with Gasteiger partial charge in [-0.05, 0) is 53.4 Å². The lowest BCUT2D eigenvalue weighted by molar-refractivity contribution is -0.202. The van der Waals surface area contributed by atoms with Gasteiger partial charge < -0.3 is 31.3 Å². The van der Waals surface area contributed by atoms with E-state index in [1.807, 2.05) is 13.8 Å². The molecule has 0 aromatic heterocycles. The van der Waals surface area contributed by atoms with Crippen LogP contribution < -0.4 is 21.7 Å². The van der Waals surface area contributed by atoms with Crippen molar-refractivity contribution < 1.29 is 46.7 Å². The molecule has 1 heterocycles. The molecule has 15 heteroatoms. The number of benzene rings is 1. The van der Waals surface area contributed by atoms with Crippen LogP contribution in [0.25, 0.3) is 0 Å². The molecule has 5 rings (SSSR count). The topological polar surface area (TPSA) is 177 Å². The molecule has 1 saturated heterocycles. The Morgan fingerprint density at radius 2 is 1.60 bits per heavy atom. The highest BCUT2D eigenvalue weighted by Crippen LogP contribution is 2.65. The van der Waals surface area contributed by atoms with Gasteiger partial charge in [0, 0.05) is 6.54 Å². The lowest BCUT2D eigenvalue weighted by Crippen LogP contribution is -2.63. The first-order chi connectivity index (χ1) is 23.2. The van der Waals surface area contributed by atoms with E-state index in [0.29, 0.717) is 5.56 Å². The summed E-state index contributed by atoms with van der Waals surface area (Å²) >= 11 is 0. The Hall–Kier alpha value is -4.17. The summed E-state index contributed by atoms with van der Waals surface area (Å²) in [5.41, 5.74) is 1.96. The predicted octanol–water partition coefficient (Wildman–Crippen LogP) is 2.98. The van der Waals surface area contributed by atoms with Gasteiger partial charge in [-0.25, -0.2) is 9.59 Å². The second kappa shape index (κ2) is 13.2. The van der Waals surface area contributed by atoms with Crippen LogP contribution in [0.4, 0.5) is 18.0 Å². The molecule has 0 radical (unpaired) electrons. The lowest BCUT2D eigenvalue weighted by atomic mass is 9.85. The molecule has 50 heavy (non-hydrogen) atoms. The van der Waals surface area contributed by atoms with Gasteiger partial charge in [0.25, 0.3) is 5.91 Å². The Morgan fingerprint density at radius 1 is 0.980 bits per heavy atom. The number of alkyl halides is 3. The minimum Gasteiger partial charge on any atom is -0.459 e. The van der Waals surface area contributed by atoms with Crippen LogP contribution in [0, 0.1) is 34.0 Å². The van der Waals surface area contributed by atoms with Crippen molar-refractivity contribution in [3.05, 3.63) is 35.9 Å². The average Bonchev–Trinajstić information content (AvgIpc) is 3.98. The van der Waals surface area contributed by atoms with E-state index in [4.69, 9.17) is 10.5 Å². The van der Waals surface area contributed by atoms with Crippen molar-refractivity contribution in [3.8, 4) is 0 Å². The van der Waals surface area contributed by atoms with Crippen LogP contribution in [0.3, 0.4) is 0 Å². The Bertz CT molecular complexity index is 1530. The molecule has 1 aliphatic heterocycles. The number of nitrogens with two attached hydrogens (primary N) is 1. The highest BCUT2D eigenvalue weighted by molar-refractivity contribution is 6.37. The van der Waals surface area contributed by atoms with Crippen molar-refractivity contribution in [1.82, 2.24) is 20.9 Å². The average molecular weight is 706 g/mol. The van der Waals surface area contributed by atoms with Gasteiger partial charge in [0.1, 0.15) is 24.7 Å². The second-order valence-electron chi connectivity index (χ2n) is 16.0.